The molecule has 0 aliphatic carbocycles. The molecule has 1 saturated heterocycles. The maximum Gasteiger partial charge on any atom is 0.120 e. The number of likely N-dealkylation sites (tertiary alicyclic amines) is 1. The average molecular weight is 287 g/mol. The summed E-state index contributed by atoms with van der Waals surface area (Å²) in [5, 5.41) is 8.71. The minimum atomic E-state index is -0.115. The first-order chi connectivity index (χ1) is 10.1. The molecule has 0 radical (unpaired) electrons. The molecule has 2 rings (SSSR count). The van der Waals surface area contributed by atoms with Gasteiger partial charge in [0, 0.05) is 12.1 Å². The van der Waals surface area contributed by atoms with Gasteiger partial charge in [0.1, 0.15) is 19.0 Å². The van der Waals surface area contributed by atoms with Crippen molar-refractivity contribution in [3.63, 3.8) is 0 Å². The van der Waals surface area contributed by atoms with Gasteiger partial charge in [-0.2, -0.15) is 0 Å². The maximum absolute atomic E-state index is 8.71. The predicted octanol–water partition coefficient (Wildman–Crippen LogP) is 2.53. The quantitative estimate of drug-likeness (QED) is 0.864. The Bertz CT molecular complexity index is 503. The number of rotatable bonds is 4. The minimum Gasteiger partial charge on any atom is -0.492 e. The van der Waals surface area contributed by atoms with Crippen LogP contribution < -0.4 is 4.74 Å². The van der Waals surface area contributed by atoms with Crippen LogP contribution in [0, 0.1) is 17.3 Å². The lowest BCUT2D eigenvalue weighted by atomic mass is 9.83. The molecule has 1 aliphatic heterocycles. The van der Waals surface area contributed by atoms with E-state index in [-0.39, 0.29) is 6.61 Å². The lowest BCUT2D eigenvalue weighted by molar-refractivity contribution is 0.116. The van der Waals surface area contributed by atoms with Gasteiger partial charge < -0.3 is 9.84 Å². The van der Waals surface area contributed by atoms with Gasteiger partial charge >= 0.3 is 0 Å². The number of benzene rings is 1. The Hall–Kier alpha value is -1.50. The fourth-order valence-electron chi connectivity index (χ4n) is 2.48. The molecule has 0 amide bonds. The summed E-state index contributed by atoms with van der Waals surface area (Å²) in [7, 11) is 0. The third-order valence-electron chi connectivity index (χ3n) is 4.03. The average Bonchev–Trinajstić information content (AvgIpc) is 2.47. The van der Waals surface area contributed by atoms with Gasteiger partial charge in [0.05, 0.1) is 0 Å². The van der Waals surface area contributed by atoms with Crippen molar-refractivity contribution in [1.29, 1.82) is 0 Å². The van der Waals surface area contributed by atoms with Crippen molar-refractivity contribution in [2.75, 3.05) is 32.8 Å². The van der Waals surface area contributed by atoms with Crippen LogP contribution in [0.2, 0.25) is 0 Å². The van der Waals surface area contributed by atoms with Crippen LogP contribution in [0.4, 0.5) is 0 Å². The third kappa shape index (κ3) is 5.41. The number of piperidine rings is 1. The molecule has 1 aromatic carbocycles. The Balaban J connectivity index is 1.76. The van der Waals surface area contributed by atoms with E-state index in [0.717, 1.165) is 17.9 Å². The standard InChI is InChI=1S/C18H25NO2/c1-18(2)8-10-19(11-9-18)12-14-21-17-7-3-5-16(15-17)6-4-13-20/h3,5,7,15,20H,8-14H2,1-2H3. The lowest BCUT2D eigenvalue weighted by Gasteiger charge is -2.36. The molecule has 1 fully saturated rings. The molecule has 0 atom stereocenters. The highest BCUT2D eigenvalue weighted by Gasteiger charge is 2.24. The van der Waals surface area contributed by atoms with Crippen LogP contribution in [0.5, 0.6) is 5.75 Å². The van der Waals surface area contributed by atoms with Gasteiger partial charge in [0.15, 0.2) is 0 Å². The van der Waals surface area contributed by atoms with E-state index in [1.54, 1.807) is 0 Å². The second kappa shape index (κ2) is 7.49. The monoisotopic (exact) mass is 287 g/mol. The Labute approximate surface area is 127 Å². The topological polar surface area (TPSA) is 32.7 Å². The van der Waals surface area contributed by atoms with Crippen LogP contribution in [0.15, 0.2) is 24.3 Å². The summed E-state index contributed by atoms with van der Waals surface area (Å²) in [6, 6.07) is 7.72. The number of aliphatic hydroxyl groups excluding tert-OH is 1. The van der Waals surface area contributed by atoms with E-state index < -0.39 is 0 Å². The zero-order chi connectivity index (χ0) is 15.1. The molecule has 21 heavy (non-hydrogen) atoms. The fourth-order valence-corrected chi connectivity index (χ4v) is 2.48. The molecule has 0 saturated carbocycles. The number of ether oxygens (including phenoxy) is 1. The molecule has 3 nitrogen and oxygen atoms in total. The van der Waals surface area contributed by atoms with Crippen LogP contribution in [0.1, 0.15) is 32.3 Å². The van der Waals surface area contributed by atoms with Gasteiger partial charge in [-0.3, -0.25) is 4.90 Å². The zero-order valence-electron chi connectivity index (χ0n) is 13.1. The minimum absolute atomic E-state index is 0.115. The highest BCUT2D eigenvalue weighted by molar-refractivity contribution is 5.39. The third-order valence-corrected chi connectivity index (χ3v) is 4.03. The van der Waals surface area contributed by atoms with Gasteiger partial charge in [0.2, 0.25) is 0 Å². The molecule has 1 N–H and O–H groups in total. The maximum atomic E-state index is 8.71. The van der Waals surface area contributed by atoms with E-state index in [1.165, 1.54) is 25.9 Å². The fraction of sp³-hybridized carbons (Fsp3) is 0.556. The molecular weight excluding hydrogens is 262 g/mol. The van der Waals surface area contributed by atoms with E-state index in [9.17, 15) is 0 Å². The Morgan fingerprint density at radius 1 is 1.29 bits per heavy atom. The van der Waals surface area contributed by atoms with Crippen molar-refractivity contribution in [1.82, 2.24) is 4.90 Å². The van der Waals surface area contributed by atoms with Gasteiger partial charge in [-0.25, -0.2) is 0 Å². The molecule has 0 aromatic heterocycles. The van der Waals surface area contributed by atoms with Crippen LogP contribution in [0.25, 0.3) is 0 Å². The number of hydrogen-bond acceptors (Lipinski definition) is 3. The molecular formula is C18H25NO2. The van der Waals surface area contributed by atoms with Gasteiger partial charge in [-0.05, 0) is 49.5 Å². The normalized spacial score (nSPS) is 17.9. The highest BCUT2D eigenvalue weighted by Crippen LogP contribution is 2.29. The van der Waals surface area contributed by atoms with E-state index >= 15 is 0 Å². The predicted molar refractivity (Wildman–Crippen MR) is 85.4 cm³/mol. The summed E-state index contributed by atoms with van der Waals surface area (Å²) < 4.78 is 5.81. The highest BCUT2D eigenvalue weighted by atomic mass is 16.5. The summed E-state index contributed by atoms with van der Waals surface area (Å²) in [5.74, 6) is 6.39. The molecule has 0 unspecified atom stereocenters. The van der Waals surface area contributed by atoms with Crippen LogP contribution in [-0.4, -0.2) is 42.9 Å². The molecule has 0 bridgehead atoms. The van der Waals surface area contributed by atoms with Crippen molar-refractivity contribution < 1.29 is 9.84 Å². The molecule has 1 heterocycles. The first-order valence-corrected chi connectivity index (χ1v) is 7.64. The largest absolute Gasteiger partial charge is 0.492 e. The number of nitrogens with zero attached hydrogens (tertiary/aromatic N) is 1. The van der Waals surface area contributed by atoms with Crippen molar-refractivity contribution >= 4 is 0 Å². The second-order valence-electron chi connectivity index (χ2n) is 6.34. The molecule has 0 spiro atoms. The second-order valence-corrected chi connectivity index (χ2v) is 6.34. The first kappa shape index (κ1) is 15.9. The summed E-state index contributed by atoms with van der Waals surface area (Å²) in [4.78, 5) is 2.47. The Kier molecular flexibility index (Phi) is 5.67. The number of aliphatic hydroxyl groups is 1. The molecule has 3 heteroatoms. The van der Waals surface area contributed by atoms with Crippen LogP contribution in [-0.2, 0) is 0 Å². The van der Waals surface area contributed by atoms with Crippen LogP contribution in [0.3, 0.4) is 0 Å². The SMILES string of the molecule is CC1(C)CCN(CCOc2cccc(C#CCO)c2)CC1. The summed E-state index contributed by atoms with van der Waals surface area (Å²) >= 11 is 0. The van der Waals surface area contributed by atoms with Crippen molar-refractivity contribution in [2.24, 2.45) is 5.41 Å². The molecule has 114 valence electrons. The number of hydrogen-bond donors (Lipinski definition) is 1. The van der Waals surface area contributed by atoms with Gasteiger partial charge in [-0.1, -0.05) is 31.8 Å². The van der Waals surface area contributed by atoms with Crippen molar-refractivity contribution in [3.8, 4) is 17.6 Å². The van der Waals surface area contributed by atoms with E-state index in [2.05, 4.69) is 30.6 Å². The Morgan fingerprint density at radius 3 is 2.76 bits per heavy atom. The molecule has 1 aliphatic rings. The van der Waals surface area contributed by atoms with E-state index in [1.807, 2.05) is 24.3 Å². The van der Waals surface area contributed by atoms with Crippen molar-refractivity contribution in [3.05, 3.63) is 29.8 Å². The summed E-state index contributed by atoms with van der Waals surface area (Å²) in [6.07, 6.45) is 2.53. The van der Waals surface area contributed by atoms with Crippen LogP contribution >= 0.6 is 0 Å². The summed E-state index contributed by atoms with van der Waals surface area (Å²) in [5.41, 5.74) is 1.37. The lowest BCUT2D eigenvalue weighted by Crippen LogP contribution is -2.39. The van der Waals surface area contributed by atoms with E-state index in [0.29, 0.717) is 12.0 Å². The zero-order valence-corrected chi connectivity index (χ0v) is 13.1. The van der Waals surface area contributed by atoms with Gasteiger partial charge in [-0.15, -0.1) is 0 Å². The van der Waals surface area contributed by atoms with E-state index in [4.69, 9.17) is 9.84 Å². The summed E-state index contributed by atoms with van der Waals surface area (Å²) in [6.45, 7) is 8.59. The Morgan fingerprint density at radius 2 is 2.05 bits per heavy atom. The first-order valence-electron chi connectivity index (χ1n) is 7.64. The smallest absolute Gasteiger partial charge is 0.120 e. The molecule has 1 aromatic rings. The van der Waals surface area contributed by atoms with Crippen molar-refractivity contribution in [2.45, 2.75) is 26.7 Å². The van der Waals surface area contributed by atoms with Gasteiger partial charge in [0.25, 0.3) is 0 Å².